The summed E-state index contributed by atoms with van der Waals surface area (Å²) in [5.74, 6) is -0.991. The molecule has 2 aromatic rings. The zero-order chi connectivity index (χ0) is 25.5. The molecule has 0 unspecified atom stereocenters. The van der Waals surface area contributed by atoms with E-state index in [-0.39, 0.29) is 36.1 Å². The largest absolute Gasteiger partial charge is 0.489 e. The van der Waals surface area contributed by atoms with E-state index in [1.807, 2.05) is 0 Å². The number of ether oxygens (including phenoxy) is 2. The molecule has 12 heteroatoms. The molecule has 2 rings (SSSR count). The number of hydrogen-bond donors (Lipinski definition) is 3. The maximum absolute atomic E-state index is 14.8. The summed E-state index contributed by atoms with van der Waals surface area (Å²) < 4.78 is 63.3. The smallest absolute Gasteiger partial charge is 0.416 e. The first-order valence-corrected chi connectivity index (χ1v) is 9.96. The predicted molar refractivity (Wildman–Crippen MR) is 119 cm³/mol. The second kappa shape index (κ2) is 10.9. The summed E-state index contributed by atoms with van der Waals surface area (Å²) in [6.07, 6.45) is -5.18. The van der Waals surface area contributed by atoms with E-state index in [1.54, 1.807) is 20.8 Å². The van der Waals surface area contributed by atoms with Crippen molar-refractivity contribution in [3.05, 3.63) is 65.0 Å². The fourth-order valence-corrected chi connectivity index (χ4v) is 2.55. The minimum absolute atomic E-state index is 0.00560. The first-order chi connectivity index (χ1) is 15.7. The Labute approximate surface area is 193 Å². The molecule has 2 aromatic carbocycles. The second-order valence-electron chi connectivity index (χ2n) is 8.05. The number of nitrogens with two attached hydrogens (primary N) is 2. The fourth-order valence-electron chi connectivity index (χ4n) is 2.55. The van der Waals surface area contributed by atoms with Gasteiger partial charge in [0.25, 0.3) is 0 Å². The normalized spacial score (nSPS) is 12.1. The average molecular weight is 483 g/mol. The van der Waals surface area contributed by atoms with Crippen LogP contribution < -0.4 is 21.5 Å². The lowest BCUT2D eigenvalue weighted by atomic mass is 10.1. The Morgan fingerprint density at radius 2 is 1.68 bits per heavy atom. The number of halogens is 4. The maximum Gasteiger partial charge on any atom is 0.416 e. The van der Waals surface area contributed by atoms with Gasteiger partial charge in [-0.1, -0.05) is 12.1 Å². The number of carbonyl (C=O) groups excluding carboxylic acids is 1. The molecule has 0 atom stereocenters. The molecule has 0 aliphatic carbocycles. The third-order valence-corrected chi connectivity index (χ3v) is 4.02. The summed E-state index contributed by atoms with van der Waals surface area (Å²) >= 11 is 0. The SMILES string of the molecule is CC(C)(C)OC(=O)NC/C(=N\N=C(N)N)c1ccc(OCc2ccc(C(F)(F)F)cc2)cc1F. The van der Waals surface area contributed by atoms with Gasteiger partial charge >= 0.3 is 12.3 Å². The van der Waals surface area contributed by atoms with E-state index < -0.39 is 29.3 Å². The number of nitrogens with one attached hydrogen (secondary N) is 1. The van der Waals surface area contributed by atoms with Crippen molar-refractivity contribution in [2.24, 2.45) is 21.7 Å². The Balaban J connectivity index is 2.13. The standard InChI is InChI=1S/C22H25F4N5O3/c1-21(2,3)34-20(32)29-11-18(30-31-19(27)28)16-9-8-15(10-17(16)23)33-12-13-4-6-14(7-5-13)22(24,25)26/h4-10H,11-12H2,1-3H3,(H,29,32)(H4,27,28,31)/b30-18+. The van der Waals surface area contributed by atoms with Crippen LogP contribution in [-0.2, 0) is 17.5 Å². The molecule has 184 valence electrons. The van der Waals surface area contributed by atoms with Gasteiger partial charge in [-0.05, 0) is 50.6 Å². The molecule has 1 amide bonds. The molecule has 0 bridgehead atoms. The molecule has 34 heavy (non-hydrogen) atoms. The van der Waals surface area contributed by atoms with Gasteiger partial charge in [-0.15, -0.1) is 10.2 Å². The van der Waals surface area contributed by atoms with E-state index >= 15 is 0 Å². The number of benzene rings is 2. The molecule has 0 saturated carbocycles. The molecule has 0 aliphatic heterocycles. The van der Waals surface area contributed by atoms with Gasteiger partial charge in [-0.3, -0.25) is 0 Å². The number of alkyl carbamates (subject to hydrolysis) is 1. The lowest BCUT2D eigenvalue weighted by Gasteiger charge is -2.20. The summed E-state index contributed by atoms with van der Waals surface area (Å²) in [4.78, 5) is 11.9. The van der Waals surface area contributed by atoms with E-state index in [2.05, 4.69) is 15.5 Å². The van der Waals surface area contributed by atoms with Crippen molar-refractivity contribution in [1.82, 2.24) is 5.32 Å². The van der Waals surface area contributed by atoms with Crippen LogP contribution in [0.1, 0.15) is 37.5 Å². The highest BCUT2D eigenvalue weighted by molar-refractivity contribution is 6.03. The minimum Gasteiger partial charge on any atom is -0.489 e. The average Bonchev–Trinajstić information content (AvgIpc) is 2.71. The van der Waals surface area contributed by atoms with E-state index in [0.717, 1.165) is 18.2 Å². The molecule has 0 spiro atoms. The summed E-state index contributed by atoms with van der Waals surface area (Å²) in [6.45, 7) is 4.73. The molecule has 0 radical (unpaired) electrons. The minimum atomic E-state index is -4.44. The number of amides is 1. The molecule has 0 saturated heterocycles. The van der Waals surface area contributed by atoms with Crippen LogP contribution in [0.3, 0.4) is 0 Å². The van der Waals surface area contributed by atoms with Crippen LogP contribution in [0.5, 0.6) is 5.75 Å². The zero-order valence-electron chi connectivity index (χ0n) is 18.7. The molecule has 0 heterocycles. The highest BCUT2D eigenvalue weighted by Gasteiger charge is 2.29. The van der Waals surface area contributed by atoms with Crippen molar-refractivity contribution in [2.45, 2.75) is 39.2 Å². The van der Waals surface area contributed by atoms with Crippen molar-refractivity contribution in [1.29, 1.82) is 0 Å². The van der Waals surface area contributed by atoms with Gasteiger partial charge in [0.2, 0.25) is 5.96 Å². The second-order valence-corrected chi connectivity index (χ2v) is 8.05. The monoisotopic (exact) mass is 483 g/mol. The van der Waals surface area contributed by atoms with Crippen LogP contribution >= 0.6 is 0 Å². The molecule has 0 aliphatic rings. The quantitative estimate of drug-likeness (QED) is 0.238. The molecular formula is C22H25F4N5O3. The van der Waals surface area contributed by atoms with Gasteiger partial charge in [-0.2, -0.15) is 13.2 Å². The Morgan fingerprint density at radius 1 is 1.03 bits per heavy atom. The van der Waals surface area contributed by atoms with Crippen LogP contribution in [0.2, 0.25) is 0 Å². The van der Waals surface area contributed by atoms with Crippen molar-refractivity contribution < 1.29 is 31.8 Å². The van der Waals surface area contributed by atoms with Gasteiger partial charge in [0.1, 0.15) is 23.8 Å². The third-order valence-electron chi connectivity index (χ3n) is 4.02. The van der Waals surface area contributed by atoms with Crippen LogP contribution in [0.4, 0.5) is 22.4 Å². The van der Waals surface area contributed by atoms with Crippen LogP contribution in [0.25, 0.3) is 0 Å². The van der Waals surface area contributed by atoms with Gasteiger partial charge in [0.05, 0.1) is 17.8 Å². The van der Waals surface area contributed by atoms with Crippen molar-refractivity contribution in [2.75, 3.05) is 6.54 Å². The highest BCUT2D eigenvalue weighted by atomic mass is 19.4. The van der Waals surface area contributed by atoms with E-state index in [9.17, 15) is 22.4 Å². The Hall–Kier alpha value is -3.83. The molecule has 0 fully saturated rings. The van der Waals surface area contributed by atoms with Crippen molar-refractivity contribution in [3.8, 4) is 5.75 Å². The Bertz CT molecular complexity index is 1060. The summed E-state index contributed by atoms with van der Waals surface area (Å²) in [6, 6.07) is 8.26. The third kappa shape index (κ3) is 8.60. The van der Waals surface area contributed by atoms with E-state index in [4.69, 9.17) is 20.9 Å². The van der Waals surface area contributed by atoms with E-state index in [0.29, 0.717) is 5.56 Å². The number of guanidine groups is 1. The number of nitrogens with zero attached hydrogens (tertiary/aromatic N) is 2. The van der Waals surface area contributed by atoms with Crippen LogP contribution in [0, 0.1) is 5.82 Å². The number of carbonyl (C=O) groups is 1. The Morgan fingerprint density at radius 3 is 2.21 bits per heavy atom. The molecular weight excluding hydrogens is 458 g/mol. The lowest BCUT2D eigenvalue weighted by Crippen LogP contribution is -2.36. The Kier molecular flexibility index (Phi) is 8.44. The summed E-state index contributed by atoms with van der Waals surface area (Å²) in [5, 5.41) is 9.74. The first-order valence-electron chi connectivity index (χ1n) is 9.96. The van der Waals surface area contributed by atoms with Gasteiger partial charge in [0.15, 0.2) is 0 Å². The van der Waals surface area contributed by atoms with E-state index in [1.165, 1.54) is 24.3 Å². The highest BCUT2D eigenvalue weighted by Crippen LogP contribution is 2.29. The van der Waals surface area contributed by atoms with Crippen molar-refractivity contribution >= 4 is 17.8 Å². The summed E-state index contributed by atoms with van der Waals surface area (Å²) in [7, 11) is 0. The maximum atomic E-state index is 14.8. The number of rotatable bonds is 7. The fraction of sp³-hybridized carbons (Fsp3) is 0.318. The molecule has 8 nitrogen and oxygen atoms in total. The van der Waals surface area contributed by atoms with Crippen molar-refractivity contribution in [3.63, 3.8) is 0 Å². The van der Waals surface area contributed by atoms with Gasteiger partial charge in [0, 0.05) is 11.6 Å². The lowest BCUT2D eigenvalue weighted by molar-refractivity contribution is -0.137. The molecule has 0 aromatic heterocycles. The van der Waals surface area contributed by atoms with Gasteiger partial charge < -0.3 is 26.3 Å². The van der Waals surface area contributed by atoms with Crippen LogP contribution in [0.15, 0.2) is 52.7 Å². The predicted octanol–water partition coefficient (Wildman–Crippen LogP) is 3.93. The van der Waals surface area contributed by atoms with Crippen LogP contribution in [-0.4, -0.2) is 29.9 Å². The topological polar surface area (TPSA) is 124 Å². The number of hydrogen-bond acceptors (Lipinski definition) is 5. The number of alkyl halides is 3. The van der Waals surface area contributed by atoms with Gasteiger partial charge in [-0.25, -0.2) is 9.18 Å². The first kappa shape index (κ1) is 26.4. The summed E-state index contributed by atoms with van der Waals surface area (Å²) in [5.41, 5.74) is 9.51. The molecule has 5 N–H and O–H groups in total. The zero-order valence-corrected chi connectivity index (χ0v) is 18.7.